The number of carbonyl (C=O) groups is 1. The van der Waals surface area contributed by atoms with E-state index in [9.17, 15) is 4.79 Å². The maximum atomic E-state index is 12.9. The largest absolute Gasteiger partial charge is 0.360 e. The van der Waals surface area contributed by atoms with E-state index in [1.54, 1.807) is 10.7 Å². The number of likely N-dealkylation sites (tertiary alicyclic amines) is 1. The Morgan fingerprint density at radius 3 is 2.83 bits per heavy atom. The molecule has 1 atom stereocenters. The average Bonchev–Trinajstić information content (AvgIpc) is 3.10. The van der Waals surface area contributed by atoms with Crippen molar-refractivity contribution in [3.63, 3.8) is 0 Å². The van der Waals surface area contributed by atoms with E-state index in [4.69, 9.17) is 4.52 Å². The fourth-order valence-corrected chi connectivity index (χ4v) is 3.08. The molecule has 6 heteroatoms. The molecule has 6 nitrogen and oxygen atoms in total. The van der Waals surface area contributed by atoms with E-state index in [0.29, 0.717) is 5.69 Å². The maximum Gasteiger partial charge on any atom is 0.276 e. The van der Waals surface area contributed by atoms with Gasteiger partial charge in [-0.15, -0.1) is 0 Å². The quantitative estimate of drug-likeness (QED) is 0.871. The third-order valence-corrected chi connectivity index (χ3v) is 4.41. The summed E-state index contributed by atoms with van der Waals surface area (Å²) < 4.78 is 7.08. The van der Waals surface area contributed by atoms with Gasteiger partial charge in [0.25, 0.3) is 5.91 Å². The third-order valence-electron chi connectivity index (χ3n) is 4.41. The molecule has 3 rings (SSSR count). The van der Waals surface area contributed by atoms with Crippen LogP contribution in [0.2, 0.25) is 0 Å². The van der Waals surface area contributed by atoms with Gasteiger partial charge in [0.15, 0.2) is 5.69 Å². The van der Waals surface area contributed by atoms with Crippen molar-refractivity contribution in [2.75, 3.05) is 6.54 Å². The smallest absolute Gasteiger partial charge is 0.276 e. The van der Waals surface area contributed by atoms with Crippen molar-refractivity contribution in [3.05, 3.63) is 35.5 Å². The molecule has 0 N–H and O–H groups in total. The van der Waals surface area contributed by atoms with Gasteiger partial charge in [-0.3, -0.25) is 9.48 Å². The van der Waals surface area contributed by atoms with Crippen LogP contribution in [0.25, 0.3) is 0 Å². The van der Waals surface area contributed by atoms with Crippen LogP contribution in [0.15, 0.2) is 22.9 Å². The lowest BCUT2D eigenvalue weighted by Gasteiger charge is -2.28. The number of aromatic nitrogens is 3. The summed E-state index contributed by atoms with van der Waals surface area (Å²) in [4.78, 5) is 14.9. The number of amides is 1. The molecular formula is C17H24N4O2. The Bertz CT molecular complexity index is 674. The van der Waals surface area contributed by atoms with Crippen LogP contribution in [0.3, 0.4) is 0 Å². The van der Waals surface area contributed by atoms with Crippen LogP contribution < -0.4 is 0 Å². The maximum absolute atomic E-state index is 12.9. The lowest BCUT2D eigenvalue weighted by Crippen LogP contribution is -2.35. The van der Waals surface area contributed by atoms with Gasteiger partial charge < -0.3 is 9.42 Å². The lowest BCUT2D eigenvalue weighted by atomic mass is 10.1. The highest BCUT2D eigenvalue weighted by molar-refractivity contribution is 5.92. The molecule has 0 aliphatic carbocycles. The topological polar surface area (TPSA) is 64.2 Å². The Morgan fingerprint density at radius 2 is 2.17 bits per heavy atom. The first kappa shape index (κ1) is 15.8. The summed E-state index contributed by atoms with van der Waals surface area (Å²) in [5, 5.41) is 8.50. The number of nitrogens with zero attached hydrogens (tertiary/aromatic N) is 4. The van der Waals surface area contributed by atoms with Crippen molar-refractivity contribution in [2.24, 2.45) is 7.05 Å². The van der Waals surface area contributed by atoms with Crippen molar-refractivity contribution in [1.29, 1.82) is 0 Å². The second-order valence-electron chi connectivity index (χ2n) is 6.55. The molecule has 2 aromatic rings. The fourth-order valence-electron chi connectivity index (χ4n) is 3.08. The highest BCUT2D eigenvalue weighted by Gasteiger charge is 2.30. The number of aryl methyl sites for hydroxylation is 1. The van der Waals surface area contributed by atoms with Crippen molar-refractivity contribution in [2.45, 2.75) is 51.5 Å². The molecule has 0 aromatic carbocycles. The van der Waals surface area contributed by atoms with Gasteiger partial charge >= 0.3 is 0 Å². The van der Waals surface area contributed by atoms with E-state index in [2.05, 4.69) is 10.3 Å². The first-order valence-corrected chi connectivity index (χ1v) is 8.33. The monoisotopic (exact) mass is 316 g/mol. The average molecular weight is 316 g/mol. The van der Waals surface area contributed by atoms with Gasteiger partial charge in [-0.05, 0) is 18.9 Å². The van der Waals surface area contributed by atoms with E-state index >= 15 is 0 Å². The molecule has 1 aliphatic rings. The zero-order valence-electron chi connectivity index (χ0n) is 14.0. The molecule has 124 valence electrons. The number of carbonyl (C=O) groups excluding carboxylic acids is 1. The number of hydrogen-bond donors (Lipinski definition) is 0. The van der Waals surface area contributed by atoms with Gasteiger partial charge in [0.2, 0.25) is 0 Å². The van der Waals surface area contributed by atoms with Crippen LogP contribution in [-0.2, 0) is 7.05 Å². The van der Waals surface area contributed by atoms with E-state index in [-0.39, 0.29) is 17.9 Å². The summed E-state index contributed by atoms with van der Waals surface area (Å²) in [6.45, 7) is 4.79. The Hall–Kier alpha value is -2.11. The van der Waals surface area contributed by atoms with E-state index in [1.165, 1.54) is 0 Å². The lowest BCUT2D eigenvalue weighted by molar-refractivity contribution is 0.0665. The Morgan fingerprint density at radius 1 is 1.35 bits per heavy atom. The fraction of sp³-hybridized carbons (Fsp3) is 0.588. The summed E-state index contributed by atoms with van der Waals surface area (Å²) in [6, 6.07) is 3.79. The molecule has 0 radical (unpaired) electrons. The van der Waals surface area contributed by atoms with Gasteiger partial charge in [0, 0.05) is 31.8 Å². The Balaban J connectivity index is 1.87. The number of hydrogen-bond acceptors (Lipinski definition) is 4. The van der Waals surface area contributed by atoms with E-state index in [1.807, 2.05) is 38.1 Å². The molecule has 0 unspecified atom stereocenters. The molecule has 2 aromatic heterocycles. The van der Waals surface area contributed by atoms with E-state index < -0.39 is 0 Å². The van der Waals surface area contributed by atoms with Gasteiger partial charge in [-0.1, -0.05) is 31.8 Å². The third kappa shape index (κ3) is 3.30. The van der Waals surface area contributed by atoms with Crippen molar-refractivity contribution < 1.29 is 9.32 Å². The Kier molecular flexibility index (Phi) is 4.50. The standard InChI is InChI=1S/C17H24N4O2/c1-12(2)16-11-14(19-23-16)17(22)21-9-6-4-5-7-15(21)13-8-10-20(3)18-13/h8,10-12,15H,4-7,9H2,1-3H3/t15-/m0/s1. The Labute approximate surface area is 136 Å². The number of rotatable bonds is 3. The van der Waals surface area contributed by atoms with Crippen molar-refractivity contribution >= 4 is 5.91 Å². The summed E-state index contributed by atoms with van der Waals surface area (Å²) in [5.74, 6) is 0.913. The summed E-state index contributed by atoms with van der Waals surface area (Å²) in [7, 11) is 1.90. The van der Waals surface area contributed by atoms with Crippen LogP contribution >= 0.6 is 0 Å². The highest BCUT2D eigenvalue weighted by atomic mass is 16.5. The van der Waals surface area contributed by atoms with Gasteiger partial charge in [-0.2, -0.15) is 5.10 Å². The van der Waals surface area contributed by atoms with Crippen LogP contribution in [0.1, 0.15) is 73.4 Å². The zero-order chi connectivity index (χ0) is 16.4. The normalized spacial score (nSPS) is 19.1. The van der Waals surface area contributed by atoms with Gasteiger partial charge in [-0.25, -0.2) is 0 Å². The highest BCUT2D eigenvalue weighted by Crippen LogP contribution is 2.30. The minimum Gasteiger partial charge on any atom is -0.360 e. The predicted molar refractivity (Wildman–Crippen MR) is 86.0 cm³/mol. The molecule has 1 saturated heterocycles. The van der Waals surface area contributed by atoms with Gasteiger partial charge in [0.1, 0.15) is 5.76 Å². The van der Waals surface area contributed by atoms with Crippen LogP contribution in [-0.4, -0.2) is 32.3 Å². The molecule has 1 amide bonds. The molecule has 0 spiro atoms. The summed E-state index contributed by atoms with van der Waals surface area (Å²) in [6.07, 6.45) is 6.14. The van der Waals surface area contributed by atoms with Crippen LogP contribution in [0.5, 0.6) is 0 Å². The minimum atomic E-state index is -0.0572. The zero-order valence-corrected chi connectivity index (χ0v) is 14.0. The van der Waals surface area contributed by atoms with Crippen molar-refractivity contribution in [1.82, 2.24) is 19.8 Å². The minimum absolute atomic E-state index is 0.0189. The summed E-state index contributed by atoms with van der Waals surface area (Å²) >= 11 is 0. The SMILES string of the molecule is CC(C)c1cc(C(=O)N2CCCCC[C@H]2c2ccn(C)n2)no1. The molecular weight excluding hydrogens is 292 g/mol. The van der Waals surface area contributed by atoms with Gasteiger partial charge in [0.05, 0.1) is 11.7 Å². The molecule has 1 aliphatic heterocycles. The van der Waals surface area contributed by atoms with Crippen LogP contribution in [0, 0.1) is 0 Å². The first-order valence-electron chi connectivity index (χ1n) is 8.33. The first-order chi connectivity index (χ1) is 11.1. The molecule has 0 saturated carbocycles. The summed E-state index contributed by atoms with van der Waals surface area (Å²) in [5.41, 5.74) is 1.35. The molecule has 23 heavy (non-hydrogen) atoms. The van der Waals surface area contributed by atoms with E-state index in [0.717, 1.165) is 43.7 Å². The molecule has 1 fully saturated rings. The second kappa shape index (κ2) is 6.56. The molecule has 0 bridgehead atoms. The van der Waals surface area contributed by atoms with Crippen LogP contribution in [0.4, 0.5) is 0 Å². The second-order valence-corrected chi connectivity index (χ2v) is 6.55. The van der Waals surface area contributed by atoms with Crippen molar-refractivity contribution in [3.8, 4) is 0 Å². The molecule has 3 heterocycles. The predicted octanol–water partition coefficient (Wildman–Crippen LogP) is 3.29.